The number of carbonyl (C=O) groups is 1. The number of fused-ring (bicyclic) bond motifs is 1. The number of likely N-dealkylation sites (tertiary alicyclic amines) is 1. The molecule has 0 saturated carbocycles. The van der Waals surface area contributed by atoms with Crippen molar-refractivity contribution in [2.45, 2.75) is 6.42 Å². The molecule has 0 radical (unpaired) electrons. The number of hydrogen-bond acceptors (Lipinski definition) is 2. The summed E-state index contributed by atoms with van der Waals surface area (Å²) in [7, 11) is 1.97. The molecule has 1 saturated heterocycles. The van der Waals surface area contributed by atoms with Gasteiger partial charge in [-0.3, -0.25) is 4.79 Å². The Balaban J connectivity index is 0.00000161. The van der Waals surface area contributed by atoms with Gasteiger partial charge in [0.05, 0.1) is 0 Å². The van der Waals surface area contributed by atoms with Gasteiger partial charge in [0.1, 0.15) is 0 Å². The summed E-state index contributed by atoms with van der Waals surface area (Å²) < 4.78 is 0. The first-order valence-electron chi connectivity index (χ1n) is 7.20. The highest BCUT2D eigenvalue weighted by atomic mass is 35.5. The van der Waals surface area contributed by atoms with Gasteiger partial charge in [-0.2, -0.15) is 0 Å². The zero-order chi connectivity index (χ0) is 13.9. The lowest BCUT2D eigenvalue weighted by molar-refractivity contribution is 0.0787. The highest BCUT2D eigenvalue weighted by molar-refractivity contribution is 5.98. The van der Waals surface area contributed by atoms with Crippen LogP contribution in [0.15, 0.2) is 42.5 Å². The number of hydrogen-bond donors (Lipinski definition) is 1. The zero-order valence-corrected chi connectivity index (χ0v) is 13.0. The van der Waals surface area contributed by atoms with Crippen LogP contribution < -0.4 is 5.32 Å². The normalized spacial score (nSPS) is 17.8. The Kier molecular flexibility index (Phi) is 5.21. The maximum atomic E-state index is 12.5. The summed E-state index contributed by atoms with van der Waals surface area (Å²) in [6.45, 7) is 2.73. The van der Waals surface area contributed by atoms with E-state index in [1.54, 1.807) is 0 Å². The third-order valence-corrected chi connectivity index (χ3v) is 4.06. The van der Waals surface area contributed by atoms with Crippen LogP contribution in [-0.4, -0.2) is 37.5 Å². The lowest BCUT2D eigenvalue weighted by Gasteiger charge is -2.17. The monoisotopic (exact) mass is 304 g/mol. The highest BCUT2D eigenvalue weighted by Gasteiger charge is 2.26. The SMILES string of the molecule is CNCC1CCN(C(=O)c2ccc3ccccc3c2)C1.Cl. The van der Waals surface area contributed by atoms with Crippen LogP contribution in [0.25, 0.3) is 10.8 Å². The summed E-state index contributed by atoms with van der Waals surface area (Å²) in [6.07, 6.45) is 1.10. The maximum absolute atomic E-state index is 12.5. The summed E-state index contributed by atoms with van der Waals surface area (Å²) in [6, 6.07) is 14.1. The van der Waals surface area contributed by atoms with Crippen molar-refractivity contribution < 1.29 is 4.79 Å². The van der Waals surface area contributed by atoms with Crippen LogP contribution in [0.2, 0.25) is 0 Å². The number of nitrogens with one attached hydrogen (secondary N) is 1. The molecule has 1 amide bonds. The van der Waals surface area contributed by atoms with Gasteiger partial charge < -0.3 is 10.2 Å². The van der Waals surface area contributed by atoms with E-state index in [0.717, 1.165) is 37.0 Å². The van der Waals surface area contributed by atoms with Crippen LogP contribution in [0, 0.1) is 5.92 Å². The Morgan fingerprint density at radius 1 is 1.24 bits per heavy atom. The Bertz CT molecular complexity index is 629. The second-order valence-corrected chi connectivity index (χ2v) is 5.53. The molecule has 1 heterocycles. The van der Waals surface area contributed by atoms with E-state index < -0.39 is 0 Å². The van der Waals surface area contributed by atoms with Crippen molar-refractivity contribution in [3.05, 3.63) is 48.0 Å². The molecule has 0 aromatic heterocycles. The second-order valence-electron chi connectivity index (χ2n) is 5.53. The van der Waals surface area contributed by atoms with Crippen LogP contribution in [-0.2, 0) is 0 Å². The standard InChI is InChI=1S/C17H20N2O.ClH/c1-18-11-13-8-9-19(12-13)17(20)16-7-6-14-4-2-3-5-15(14)10-16;/h2-7,10,13,18H,8-9,11-12H2,1H3;1H. The van der Waals surface area contributed by atoms with Gasteiger partial charge in [0.25, 0.3) is 5.91 Å². The molecule has 1 N–H and O–H groups in total. The Labute approximate surface area is 131 Å². The van der Waals surface area contributed by atoms with Gasteiger partial charge in [0.2, 0.25) is 0 Å². The van der Waals surface area contributed by atoms with E-state index in [0.29, 0.717) is 5.92 Å². The molecule has 3 rings (SSSR count). The molecule has 2 aromatic rings. The van der Waals surface area contributed by atoms with Crippen molar-refractivity contribution in [2.75, 3.05) is 26.7 Å². The van der Waals surface area contributed by atoms with E-state index >= 15 is 0 Å². The van der Waals surface area contributed by atoms with Gasteiger partial charge in [0, 0.05) is 18.7 Å². The zero-order valence-electron chi connectivity index (χ0n) is 12.2. The molecule has 112 valence electrons. The van der Waals surface area contributed by atoms with Crippen LogP contribution in [0.4, 0.5) is 0 Å². The molecular weight excluding hydrogens is 284 g/mol. The predicted molar refractivity (Wildman–Crippen MR) is 89.1 cm³/mol. The van der Waals surface area contributed by atoms with E-state index in [4.69, 9.17) is 0 Å². The van der Waals surface area contributed by atoms with Gasteiger partial charge in [-0.1, -0.05) is 30.3 Å². The number of rotatable bonds is 3. The molecule has 0 bridgehead atoms. The molecule has 0 spiro atoms. The first kappa shape index (κ1) is 15.8. The fraction of sp³-hybridized carbons (Fsp3) is 0.353. The summed E-state index contributed by atoms with van der Waals surface area (Å²) in [4.78, 5) is 14.5. The number of carbonyl (C=O) groups excluding carboxylic acids is 1. The van der Waals surface area contributed by atoms with Crippen LogP contribution in [0.1, 0.15) is 16.8 Å². The number of amides is 1. The Hall–Kier alpha value is -1.58. The van der Waals surface area contributed by atoms with Crippen molar-refractivity contribution in [1.29, 1.82) is 0 Å². The minimum absolute atomic E-state index is 0. The van der Waals surface area contributed by atoms with Crippen molar-refractivity contribution in [3.8, 4) is 0 Å². The molecule has 4 heteroatoms. The smallest absolute Gasteiger partial charge is 0.253 e. The Morgan fingerprint density at radius 2 is 2.00 bits per heavy atom. The number of nitrogens with zero attached hydrogens (tertiary/aromatic N) is 1. The summed E-state index contributed by atoms with van der Waals surface area (Å²) in [5, 5.41) is 5.50. The third-order valence-electron chi connectivity index (χ3n) is 4.06. The molecule has 0 aliphatic carbocycles. The van der Waals surface area contributed by atoms with E-state index in [1.165, 1.54) is 5.39 Å². The van der Waals surface area contributed by atoms with Crippen LogP contribution in [0.3, 0.4) is 0 Å². The fourth-order valence-electron chi connectivity index (χ4n) is 2.98. The van der Waals surface area contributed by atoms with Crippen molar-refractivity contribution in [1.82, 2.24) is 10.2 Å². The summed E-state index contributed by atoms with van der Waals surface area (Å²) in [5.74, 6) is 0.749. The summed E-state index contributed by atoms with van der Waals surface area (Å²) >= 11 is 0. The topological polar surface area (TPSA) is 32.3 Å². The van der Waals surface area contributed by atoms with Gasteiger partial charge >= 0.3 is 0 Å². The van der Waals surface area contributed by atoms with Crippen molar-refractivity contribution in [2.24, 2.45) is 5.92 Å². The molecule has 3 nitrogen and oxygen atoms in total. The predicted octanol–water partition coefficient (Wildman–Crippen LogP) is 2.94. The molecule has 1 aliphatic heterocycles. The van der Waals surface area contributed by atoms with E-state index in [1.807, 2.05) is 42.3 Å². The second kappa shape index (κ2) is 6.92. The van der Waals surface area contributed by atoms with Crippen LogP contribution >= 0.6 is 12.4 Å². The lowest BCUT2D eigenvalue weighted by atomic mass is 10.1. The average Bonchev–Trinajstić information content (AvgIpc) is 2.95. The largest absolute Gasteiger partial charge is 0.338 e. The minimum Gasteiger partial charge on any atom is -0.338 e. The fourth-order valence-corrected chi connectivity index (χ4v) is 2.98. The number of halogens is 1. The highest BCUT2D eigenvalue weighted by Crippen LogP contribution is 2.21. The van der Waals surface area contributed by atoms with E-state index in [-0.39, 0.29) is 18.3 Å². The molecule has 1 aliphatic rings. The molecular formula is C17H21ClN2O. The molecule has 1 atom stereocenters. The molecule has 1 fully saturated rings. The first-order chi connectivity index (χ1) is 9.78. The Morgan fingerprint density at radius 3 is 2.76 bits per heavy atom. The minimum atomic E-state index is 0. The number of benzene rings is 2. The lowest BCUT2D eigenvalue weighted by Crippen LogP contribution is -2.30. The van der Waals surface area contributed by atoms with E-state index in [2.05, 4.69) is 17.4 Å². The van der Waals surface area contributed by atoms with Crippen molar-refractivity contribution >= 4 is 29.1 Å². The van der Waals surface area contributed by atoms with Gasteiger partial charge in [-0.25, -0.2) is 0 Å². The van der Waals surface area contributed by atoms with Gasteiger partial charge in [-0.05, 0) is 48.8 Å². The third kappa shape index (κ3) is 3.36. The quantitative estimate of drug-likeness (QED) is 0.945. The molecule has 21 heavy (non-hydrogen) atoms. The maximum Gasteiger partial charge on any atom is 0.253 e. The van der Waals surface area contributed by atoms with E-state index in [9.17, 15) is 4.79 Å². The van der Waals surface area contributed by atoms with Gasteiger partial charge in [0.15, 0.2) is 0 Å². The van der Waals surface area contributed by atoms with Crippen LogP contribution in [0.5, 0.6) is 0 Å². The first-order valence-corrected chi connectivity index (χ1v) is 7.20. The van der Waals surface area contributed by atoms with Crippen molar-refractivity contribution in [3.63, 3.8) is 0 Å². The molecule has 2 aromatic carbocycles. The molecule has 1 unspecified atom stereocenters. The average molecular weight is 305 g/mol. The van der Waals surface area contributed by atoms with Gasteiger partial charge in [-0.15, -0.1) is 12.4 Å². The summed E-state index contributed by atoms with van der Waals surface area (Å²) in [5.41, 5.74) is 0.800.